The van der Waals surface area contributed by atoms with Crippen LogP contribution in [0, 0.1) is 5.82 Å². The summed E-state index contributed by atoms with van der Waals surface area (Å²) in [6.45, 7) is 1.78. The van der Waals surface area contributed by atoms with Crippen molar-refractivity contribution in [3.8, 4) is 5.69 Å². The van der Waals surface area contributed by atoms with Gasteiger partial charge in [0.2, 0.25) is 5.91 Å². The van der Waals surface area contributed by atoms with Gasteiger partial charge in [-0.3, -0.25) is 9.59 Å². The van der Waals surface area contributed by atoms with Gasteiger partial charge in [0.15, 0.2) is 5.69 Å². The maximum Gasteiger partial charge on any atom is 0.272 e. The van der Waals surface area contributed by atoms with Crippen LogP contribution >= 0.6 is 0 Å². The summed E-state index contributed by atoms with van der Waals surface area (Å²) in [7, 11) is 0. The molecule has 0 saturated carbocycles. The van der Waals surface area contributed by atoms with Gasteiger partial charge in [0.05, 0.1) is 5.69 Å². The summed E-state index contributed by atoms with van der Waals surface area (Å²) >= 11 is 0. The first kappa shape index (κ1) is 18.3. The van der Waals surface area contributed by atoms with Crippen LogP contribution in [0.3, 0.4) is 0 Å². The van der Waals surface area contributed by atoms with Crippen molar-refractivity contribution in [2.24, 2.45) is 0 Å². The molecule has 2 amide bonds. The number of para-hydroxylation sites is 1. The van der Waals surface area contributed by atoms with Crippen molar-refractivity contribution >= 4 is 17.6 Å². The number of hydrogen-bond donors (Lipinski definition) is 2. The van der Waals surface area contributed by atoms with Crippen LogP contribution in [0.25, 0.3) is 5.69 Å². The Labute approximate surface area is 156 Å². The molecule has 0 aliphatic heterocycles. The zero-order valence-corrected chi connectivity index (χ0v) is 14.8. The molecule has 138 valence electrons. The van der Waals surface area contributed by atoms with Crippen LogP contribution in [0.1, 0.15) is 29.4 Å². The van der Waals surface area contributed by atoms with E-state index >= 15 is 0 Å². The molecule has 0 bridgehead atoms. The number of nitrogens with one attached hydrogen (secondary N) is 2. The Kier molecular flexibility index (Phi) is 5.61. The fourth-order valence-electron chi connectivity index (χ4n) is 2.49. The van der Waals surface area contributed by atoms with Gasteiger partial charge in [0.25, 0.3) is 5.91 Å². The number of halogens is 1. The predicted octanol–water partition coefficient (Wildman–Crippen LogP) is 3.29. The molecule has 0 atom stereocenters. The molecule has 1 aromatic heterocycles. The number of rotatable bonds is 6. The van der Waals surface area contributed by atoms with E-state index in [-0.39, 0.29) is 24.0 Å². The second-order valence-corrected chi connectivity index (χ2v) is 5.84. The zero-order valence-electron chi connectivity index (χ0n) is 14.8. The summed E-state index contributed by atoms with van der Waals surface area (Å²) < 4.78 is 15.2. The summed E-state index contributed by atoms with van der Waals surface area (Å²) in [6.07, 6.45) is 0.300. The van der Waals surface area contributed by atoms with Crippen LogP contribution < -0.4 is 10.6 Å². The van der Waals surface area contributed by atoms with Crippen LogP contribution in [-0.4, -0.2) is 21.6 Å². The average molecular weight is 366 g/mol. The molecule has 0 aliphatic carbocycles. The van der Waals surface area contributed by atoms with Gasteiger partial charge in [-0.1, -0.05) is 43.3 Å². The lowest BCUT2D eigenvalue weighted by Crippen LogP contribution is -2.23. The highest BCUT2D eigenvalue weighted by atomic mass is 19.1. The normalized spacial score (nSPS) is 10.4. The number of anilines is 1. The van der Waals surface area contributed by atoms with Gasteiger partial charge in [-0.15, -0.1) is 0 Å². The summed E-state index contributed by atoms with van der Waals surface area (Å²) in [4.78, 5) is 24.3. The average Bonchev–Trinajstić information content (AvgIpc) is 3.11. The van der Waals surface area contributed by atoms with Crippen molar-refractivity contribution < 1.29 is 14.0 Å². The van der Waals surface area contributed by atoms with Crippen LogP contribution in [0.5, 0.6) is 0 Å². The summed E-state index contributed by atoms with van der Waals surface area (Å²) in [5, 5.41) is 9.68. The van der Waals surface area contributed by atoms with Crippen molar-refractivity contribution in [2.75, 3.05) is 5.32 Å². The van der Waals surface area contributed by atoms with Crippen LogP contribution in [0.15, 0.2) is 60.7 Å². The third-order valence-electron chi connectivity index (χ3n) is 3.93. The highest BCUT2D eigenvalue weighted by Gasteiger charge is 2.17. The van der Waals surface area contributed by atoms with E-state index in [2.05, 4.69) is 15.7 Å². The maximum atomic E-state index is 13.7. The Morgan fingerprint density at radius 3 is 2.48 bits per heavy atom. The first-order chi connectivity index (χ1) is 13.1. The molecular weight excluding hydrogens is 347 g/mol. The van der Waals surface area contributed by atoms with Gasteiger partial charge in [0, 0.05) is 24.6 Å². The van der Waals surface area contributed by atoms with Crippen molar-refractivity contribution in [3.63, 3.8) is 0 Å². The topological polar surface area (TPSA) is 76.0 Å². The third kappa shape index (κ3) is 4.38. The van der Waals surface area contributed by atoms with E-state index in [9.17, 15) is 14.0 Å². The number of carbonyl (C=O) groups is 2. The molecule has 2 aromatic carbocycles. The van der Waals surface area contributed by atoms with Gasteiger partial charge in [-0.2, -0.15) is 5.10 Å². The number of nitrogens with zero attached hydrogens (tertiary/aromatic N) is 2. The van der Waals surface area contributed by atoms with Gasteiger partial charge in [0.1, 0.15) is 11.6 Å². The smallest absolute Gasteiger partial charge is 0.272 e. The van der Waals surface area contributed by atoms with E-state index < -0.39 is 5.91 Å². The van der Waals surface area contributed by atoms with Crippen LogP contribution in [-0.2, 0) is 11.3 Å². The Hall–Kier alpha value is -3.48. The highest BCUT2D eigenvalue weighted by Crippen LogP contribution is 2.18. The molecule has 0 fully saturated rings. The number of hydrogen-bond acceptors (Lipinski definition) is 3. The summed E-state index contributed by atoms with van der Waals surface area (Å²) in [6, 6.07) is 16.9. The zero-order chi connectivity index (χ0) is 19.2. The lowest BCUT2D eigenvalue weighted by atomic mass is 10.2. The minimum Gasteiger partial charge on any atom is -0.346 e. The Bertz CT molecular complexity index is 954. The predicted molar refractivity (Wildman–Crippen MR) is 100 cm³/mol. The molecule has 3 aromatic rings. The fourth-order valence-corrected chi connectivity index (χ4v) is 2.49. The van der Waals surface area contributed by atoms with E-state index in [1.807, 2.05) is 30.3 Å². The Morgan fingerprint density at radius 2 is 1.78 bits per heavy atom. The van der Waals surface area contributed by atoms with E-state index in [1.165, 1.54) is 16.8 Å². The molecule has 0 unspecified atom stereocenters. The molecule has 7 heteroatoms. The van der Waals surface area contributed by atoms with Crippen molar-refractivity contribution in [2.45, 2.75) is 19.9 Å². The van der Waals surface area contributed by atoms with Crippen molar-refractivity contribution in [3.05, 3.63) is 77.7 Å². The monoisotopic (exact) mass is 366 g/mol. The number of carbonyl (C=O) groups excluding carboxylic acids is 2. The minimum absolute atomic E-state index is 0.0420. The van der Waals surface area contributed by atoms with Gasteiger partial charge >= 0.3 is 0 Å². The molecule has 27 heavy (non-hydrogen) atoms. The van der Waals surface area contributed by atoms with Crippen molar-refractivity contribution in [1.29, 1.82) is 0 Å². The fraction of sp³-hybridized carbons (Fsp3) is 0.150. The summed E-state index contributed by atoms with van der Waals surface area (Å²) in [5.41, 5.74) is 1.21. The van der Waals surface area contributed by atoms with Gasteiger partial charge in [-0.25, -0.2) is 9.07 Å². The Balaban J connectivity index is 1.83. The van der Waals surface area contributed by atoms with E-state index in [4.69, 9.17) is 0 Å². The first-order valence-corrected chi connectivity index (χ1v) is 8.55. The maximum absolute atomic E-state index is 13.7. The first-order valence-electron chi connectivity index (χ1n) is 8.55. The lowest BCUT2D eigenvalue weighted by Gasteiger charge is -2.07. The molecule has 1 heterocycles. The van der Waals surface area contributed by atoms with E-state index in [0.29, 0.717) is 23.5 Å². The summed E-state index contributed by atoms with van der Waals surface area (Å²) in [5.74, 6) is -0.641. The molecule has 3 rings (SSSR count). The molecule has 0 aliphatic rings. The molecule has 0 saturated heterocycles. The molecular formula is C20H19FN4O2. The second kappa shape index (κ2) is 8.27. The largest absolute Gasteiger partial charge is 0.346 e. The number of aromatic nitrogens is 2. The minimum atomic E-state index is -0.458. The SMILES string of the molecule is CCC(=O)Nc1cc(C(=O)NCc2ccccc2F)nn1-c1ccccc1. The quantitative estimate of drug-likeness (QED) is 0.703. The number of benzene rings is 2. The van der Waals surface area contributed by atoms with E-state index in [1.54, 1.807) is 25.1 Å². The lowest BCUT2D eigenvalue weighted by molar-refractivity contribution is -0.115. The standard InChI is InChI=1S/C20H19FN4O2/c1-2-19(26)23-18-12-17(24-25(18)15-9-4-3-5-10-15)20(27)22-13-14-8-6-7-11-16(14)21/h3-12H,2,13H2,1H3,(H,22,27)(H,23,26). The van der Waals surface area contributed by atoms with Crippen LogP contribution in [0.2, 0.25) is 0 Å². The third-order valence-corrected chi connectivity index (χ3v) is 3.93. The van der Waals surface area contributed by atoms with Gasteiger partial charge in [-0.05, 0) is 18.2 Å². The Morgan fingerprint density at radius 1 is 1.07 bits per heavy atom. The van der Waals surface area contributed by atoms with Crippen LogP contribution in [0.4, 0.5) is 10.2 Å². The molecule has 6 nitrogen and oxygen atoms in total. The van der Waals surface area contributed by atoms with E-state index in [0.717, 1.165) is 0 Å². The highest BCUT2D eigenvalue weighted by molar-refractivity contribution is 5.95. The molecule has 0 radical (unpaired) electrons. The van der Waals surface area contributed by atoms with Gasteiger partial charge < -0.3 is 10.6 Å². The molecule has 2 N–H and O–H groups in total. The second-order valence-electron chi connectivity index (χ2n) is 5.84. The molecule has 0 spiro atoms. The van der Waals surface area contributed by atoms with Crippen molar-refractivity contribution in [1.82, 2.24) is 15.1 Å². The number of amides is 2.